The Morgan fingerprint density at radius 1 is 0.750 bits per heavy atom. The van der Waals surface area contributed by atoms with E-state index in [-0.39, 0.29) is 54.3 Å². The topological polar surface area (TPSA) is 204 Å². The zero-order chi connectivity index (χ0) is 63.9. The number of ether oxygens (including phenoxy) is 8. The maximum atomic E-state index is 15.0. The lowest BCUT2D eigenvalue weighted by Crippen LogP contribution is -3.00. The van der Waals surface area contributed by atoms with Gasteiger partial charge in [-0.25, -0.2) is 4.79 Å². The second-order valence-corrected chi connectivity index (χ2v) is 30.0. The number of halogens is 1. The Morgan fingerprint density at radius 2 is 1.28 bits per heavy atom. The Bertz CT molecular complexity index is 2460. The summed E-state index contributed by atoms with van der Waals surface area (Å²) in [6.07, 6.45) is 0.0943. The van der Waals surface area contributed by atoms with E-state index in [9.17, 15) is 29.7 Å². The van der Waals surface area contributed by atoms with Crippen molar-refractivity contribution in [1.82, 2.24) is 15.1 Å². The molecule has 496 valence electrons. The summed E-state index contributed by atoms with van der Waals surface area (Å²) in [4.78, 5) is 45.6. The molecule has 0 radical (unpaired) electrons. The van der Waals surface area contributed by atoms with E-state index in [1.807, 2.05) is 58.6 Å². The monoisotopic (exact) mass is 1310 g/mol. The van der Waals surface area contributed by atoms with Crippen LogP contribution in [0, 0.1) is 17.8 Å². The molecule has 0 bridgehead atoms. The van der Waals surface area contributed by atoms with E-state index in [1.165, 1.54) is 29.9 Å². The summed E-state index contributed by atoms with van der Waals surface area (Å²) in [5, 5.41) is 44.3. The van der Waals surface area contributed by atoms with Crippen molar-refractivity contribution in [3.05, 3.63) is 91.0 Å². The van der Waals surface area contributed by atoms with Crippen molar-refractivity contribution in [3.63, 3.8) is 0 Å². The first-order valence-electron chi connectivity index (χ1n) is 32.2. The number of likely N-dealkylation sites (N-methyl/N-ethyl adjacent to an activating group) is 2. The van der Waals surface area contributed by atoms with Gasteiger partial charge < -0.3 is 80.4 Å². The van der Waals surface area contributed by atoms with Crippen LogP contribution in [0.2, 0.25) is 0 Å². The summed E-state index contributed by atoms with van der Waals surface area (Å²) in [5.41, 5.74) is -4.66. The van der Waals surface area contributed by atoms with E-state index in [1.54, 1.807) is 41.5 Å². The number of amides is 1. The second kappa shape index (κ2) is 34.3. The van der Waals surface area contributed by atoms with Crippen molar-refractivity contribution in [1.29, 1.82) is 0 Å². The van der Waals surface area contributed by atoms with Gasteiger partial charge in [0.2, 0.25) is 0 Å². The quantitative estimate of drug-likeness (QED) is 0.0355. The molecule has 17 nitrogen and oxygen atoms in total. The van der Waals surface area contributed by atoms with Gasteiger partial charge in [0.15, 0.2) is 24.8 Å². The number of aliphatic hydroxyl groups excluding tert-OH is 1. The number of carbonyl (C=O) groups is 3. The number of aliphatic hydroxyl groups is 3. The van der Waals surface area contributed by atoms with Crippen molar-refractivity contribution in [2.75, 3.05) is 47.5 Å². The van der Waals surface area contributed by atoms with Gasteiger partial charge in [-0.1, -0.05) is 107 Å². The molecule has 19 heteroatoms. The molecule has 0 spiro atoms. The number of esters is 2. The Morgan fingerprint density at radius 3 is 1.80 bits per heavy atom. The molecule has 3 aliphatic rings. The van der Waals surface area contributed by atoms with Crippen molar-refractivity contribution >= 4 is 41.2 Å². The third kappa shape index (κ3) is 19.2. The molecule has 3 aromatic rings. The highest BCUT2D eigenvalue weighted by atomic mass is 79.9. The van der Waals surface area contributed by atoms with Gasteiger partial charge in [-0.2, -0.15) is 0 Å². The number of cyclic esters (lactones) is 1. The predicted octanol–water partition coefficient (Wildman–Crippen LogP) is 6.32. The number of nitrogens with zero attached hydrogens (tertiary/aromatic N) is 2. The summed E-state index contributed by atoms with van der Waals surface area (Å²) in [5.74, 6) is -3.44. The van der Waals surface area contributed by atoms with Crippen LogP contribution in [0.5, 0.6) is 0 Å². The van der Waals surface area contributed by atoms with Gasteiger partial charge in [0.25, 0.3) is 0 Å². The molecule has 1 amide bonds. The first-order valence-corrected chi connectivity index (χ1v) is 34.2. The van der Waals surface area contributed by atoms with E-state index >= 15 is 0 Å². The van der Waals surface area contributed by atoms with Crippen LogP contribution >= 0.6 is 7.26 Å². The van der Waals surface area contributed by atoms with Crippen molar-refractivity contribution in [2.45, 2.75) is 244 Å². The molecule has 3 saturated heterocycles. The Labute approximate surface area is 538 Å². The standard InChI is InChI=1S/C69H108N3O14P.BrH/c1-16-57-69(11,78)63(86-66(76)70-40-32-21-19-17-18-20-22-33-41-87(53-34-26-23-27-35-53,54-36-28-24-29-37-54)55-38-30-25-31-39-55)50(6)72(14)45-46(2)43-67(9,77)62(85-65-60(82-52(8)73)56(71(12)13)42-47(3)80-65)48(4)59(49(5)64(75)83-57)84-58-44-68(10,79-15)61(74)51(7)81-58;/h23-31,34-39,46-51,56-63,65,74,77-78H,16-22,32-33,40-45H2,1-15H3;1H/t46-,47-,48+,49-,50-,51+,56+,57-,58+,59+,60-,61+,62-,63-,65+,67-,68-,69-;/m1./s1. The van der Waals surface area contributed by atoms with Gasteiger partial charge in [-0.15, -0.1) is 0 Å². The van der Waals surface area contributed by atoms with E-state index < -0.39 is 115 Å². The SMILES string of the molecule is CC[C@H]1OC(=O)[C@H](C)[C@@H](O[C@H]2C[C@@](C)(OC)[C@@H](O)[C@H](C)O2)[C@H](C)[C@@H](O[C@@H]2O[C@H](C)C[C@H](N(C)C)[C@H]2OC(C)=O)[C@](C)(O)C[C@@H](C)CN(C)[C@H](C)[C@@H](OC(=O)NCCCCCCCCCC[P+](c2ccccc2)(c2ccccc2)c2ccccc2)[C@]1(C)O.[Br-]. The van der Waals surface area contributed by atoms with Crippen LogP contribution in [0.25, 0.3) is 0 Å². The van der Waals surface area contributed by atoms with Crippen LogP contribution < -0.4 is 38.2 Å². The summed E-state index contributed by atoms with van der Waals surface area (Å²) in [6.45, 7) is 19.9. The zero-order valence-electron chi connectivity index (χ0n) is 55.5. The zero-order valence-corrected chi connectivity index (χ0v) is 58.0. The number of nitrogens with one attached hydrogen (secondary N) is 1. The van der Waals surface area contributed by atoms with Crippen molar-refractivity contribution in [3.8, 4) is 0 Å². The molecule has 18 atom stereocenters. The summed E-state index contributed by atoms with van der Waals surface area (Å²) < 4.78 is 51.2. The van der Waals surface area contributed by atoms with Crippen LogP contribution in [0.1, 0.15) is 153 Å². The van der Waals surface area contributed by atoms with Crippen LogP contribution in [0.3, 0.4) is 0 Å². The molecule has 3 heterocycles. The molecule has 0 saturated carbocycles. The van der Waals surface area contributed by atoms with Gasteiger partial charge in [-0.05, 0) is 150 Å². The smallest absolute Gasteiger partial charge is 0.407 e. The molecule has 88 heavy (non-hydrogen) atoms. The Balaban J connectivity index is 0.0000141. The number of carbonyl (C=O) groups excluding carboxylic acids is 3. The summed E-state index contributed by atoms with van der Waals surface area (Å²) in [6, 6.07) is 32.3. The van der Waals surface area contributed by atoms with Crippen LogP contribution in [0.15, 0.2) is 91.0 Å². The average Bonchev–Trinajstić information content (AvgIpc) is 1.33. The lowest BCUT2D eigenvalue weighted by atomic mass is 9.77. The normalized spacial score (nSPS) is 33.9. The highest BCUT2D eigenvalue weighted by Gasteiger charge is 2.54. The fraction of sp³-hybridized carbons (Fsp3) is 0.696. The van der Waals surface area contributed by atoms with Crippen LogP contribution in [0.4, 0.5) is 4.79 Å². The predicted molar refractivity (Wildman–Crippen MR) is 343 cm³/mol. The molecule has 3 aliphatic heterocycles. The number of hydrogen-bond donors (Lipinski definition) is 4. The number of rotatable bonds is 23. The van der Waals surface area contributed by atoms with Gasteiger partial charge in [0.05, 0.1) is 53.7 Å². The molecule has 3 aromatic carbocycles. The third-order valence-electron chi connectivity index (χ3n) is 19.0. The number of hydrogen-bond acceptors (Lipinski definition) is 16. The molecule has 6 rings (SSSR count). The maximum absolute atomic E-state index is 15.0. The number of methoxy groups -OCH3 is 1. The van der Waals surface area contributed by atoms with E-state index in [0.717, 1.165) is 57.5 Å². The first kappa shape index (κ1) is 75.1. The molecule has 0 aliphatic carbocycles. The fourth-order valence-corrected chi connectivity index (χ4v) is 18.4. The Hall–Kier alpha value is -3.62. The number of unbranched alkanes of at least 4 members (excludes halogenated alkanes) is 7. The Kier molecular flexibility index (Phi) is 29.3. The van der Waals surface area contributed by atoms with Gasteiger partial charge in [0.1, 0.15) is 41.0 Å². The number of benzene rings is 3. The molecule has 0 unspecified atom stereocenters. The fourth-order valence-electron chi connectivity index (χ4n) is 14.0. The molecule has 3 fully saturated rings. The van der Waals surface area contributed by atoms with Crippen LogP contribution in [-0.4, -0.2) is 181 Å². The summed E-state index contributed by atoms with van der Waals surface area (Å²) >= 11 is 0. The second-order valence-electron chi connectivity index (χ2n) is 26.4. The maximum Gasteiger partial charge on any atom is 0.407 e. The summed E-state index contributed by atoms with van der Waals surface area (Å²) in [7, 11) is 5.33. The first-order chi connectivity index (χ1) is 41.2. The highest BCUT2D eigenvalue weighted by Crippen LogP contribution is 2.56. The third-order valence-corrected chi connectivity index (χ3v) is 23.5. The molecule has 4 N–H and O–H groups in total. The average molecular weight is 1320 g/mol. The van der Waals surface area contributed by atoms with Crippen molar-refractivity contribution in [2.24, 2.45) is 17.8 Å². The van der Waals surface area contributed by atoms with E-state index in [4.69, 9.17) is 37.9 Å². The number of alkyl carbamates (subject to hydrolysis) is 1. The molecular weight excluding hydrogens is 1210 g/mol. The lowest BCUT2D eigenvalue weighted by molar-refractivity contribution is -0.318. The van der Waals surface area contributed by atoms with Gasteiger partial charge in [-0.3, -0.25) is 14.5 Å². The molecular formula is C69H109BrN3O14P. The lowest BCUT2D eigenvalue weighted by Gasteiger charge is -2.49. The largest absolute Gasteiger partial charge is 1.00 e. The van der Waals surface area contributed by atoms with Gasteiger partial charge >= 0.3 is 18.0 Å². The minimum absolute atomic E-state index is 0. The van der Waals surface area contributed by atoms with Crippen molar-refractivity contribution < 1.29 is 84.6 Å². The minimum atomic E-state index is -1.91. The van der Waals surface area contributed by atoms with Gasteiger partial charge in [0, 0.05) is 45.5 Å². The van der Waals surface area contributed by atoms with Crippen LogP contribution in [-0.2, 0) is 47.5 Å². The highest BCUT2D eigenvalue weighted by molar-refractivity contribution is 7.95. The molecule has 0 aromatic heterocycles. The van der Waals surface area contributed by atoms with E-state index in [2.05, 4.69) is 96.3 Å². The van der Waals surface area contributed by atoms with E-state index in [0.29, 0.717) is 19.5 Å². The minimum Gasteiger partial charge on any atom is -1.00 e.